The number of methoxy groups -OCH3 is 1. The molecule has 1 aromatic heterocycles. The van der Waals surface area contributed by atoms with Crippen LogP contribution in [0.15, 0.2) is 48.7 Å². The molecular formula is C29H39ClN7O2P. The van der Waals surface area contributed by atoms with Crippen LogP contribution in [-0.2, 0) is 4.57 Å². The number of piperazine rings is 1. The molecule has 0 aliphatic carbocycles. The minimum absolute atomic E-state index is 0.371. The first-order valence-electron chi connectivity index (χ1n) is 13.8. The molecule has 9 nitrogen and oxygen atoms in total. The highest BCUT2D eigenvalue weighted by Gasteiger charge is 2.28. The van der Waals surface area contributed by atoms with Crippen LogP contribution in [0.4, 0.5) is 28.8 Å². The number of benzene rings is 2. The Labute approximate surface area is 242 Å². The van der Waals surface area contributed by atoms with E-state index in [0.29, 0.717) is 28.5 Å². The summed E-state index contributed by atoms with van der Waals surface area (Å²) in [6, 6.07) is 14.3. The average molecular weight is 584 g/mol. The summed E-state index contributed by atoms with van der Waals surface area (Å²) in [7, 11) is 1.41. The summed E-state index contributed by atoms with van der Waals surface area (Å²) in [5.74, 6) is 1.64. The minimum Gasteiger partial charge on any atom is -0.495 e. The Balaban J connectivity index is 1.27. The number of rotatable bonds is 8. The number of aromatic nitrogens is 2. The SMILES string of the molecule is COc1cc(Nc2ncc(Cl)c(Nc3ccccc3P(C)(C)=O)n2)ccc1N1CCC(N2CCN(C)CC2)CC1. The van der Waals surface area contributed by atoms with Crippen LogP contribution in [0.1, 0.15) is 12.8 Å². The molecule has 0 atom stereocenters. The number of likely N-dealkylation sites (N-methyl/N-ethyl adjacent to an activating group) is 1. The molecular weight excluding hydrogens is 545 g/mol. The maximum Gasteiger partial charge on any atom is 0.229 e. The van der Waals surface area contributed by atoms with Crippen molar-refractivity contribution in [1.29, 1.82) is 0 Å². The minimum atomic E-state index is -2.50. The third-order valence-electron chi connectivity index (χ3n) is 7.78. The number of nitrogens with zero attached hydrogens (tertiary/aromatic N) is 5. The molecule has 0 radical (unpaired) electrons. The van der Waals surface area contributed by atoms with Gasteiger partial charge in [0.1, 0.15) is 17.9 Å². The van der Waals surface area contributed by atoms with Crippen LogP contribution in [-0.4, -0.2) is 92.6 Å². The molecule has 40 heavy (non-hydrogen) atoms. The summed E-state index contributed by atoms with van der Waals surface area (Å²) < 4.78 is 18.6. The van der Waals surface area contributed by atoms with E-state index in [-0.39, 0.29) is 0 Å². The highest BCUT2D eigenvalue weighted by molar-refractivity contribution is 7.70. The monoisotopic (exact) mass is 583 g/mol. The molecule has 0 saturated carbocycles. The molecule has 2 fully saturated rings. The fourth-order valence-electron chi connectivity index (χ4n) is 5.50. The van der Waals surface area contributed by atoms with E-state index >= 15 is 0 Å². The largest absolute Gasteiger partial charge is 0.495 e. The van der Waals surface area contributed by atoms with Crippen molar-refractivity contribution in [2.45, 2.75) is 18.9 Å². The molecule has 0 amide bonds. The third-order valence-corrected chi connectivity index (χ3v) is 9.60. The first kappa shape index (κ1) is 28.7. The highest BCUT2D eigenvalue weighted by Crippen LogP contribution is 2.39. The second-order valence-corrected chi connectivity index (χ2v) is 14.5. The fourth-order valence-corrected chi connectivity index (χ4v) is 6.79. The van der Waals surface area contributed by atoms with Gasteiger partial charge in [0, 0.05) is 62.4 Å². The lowest BCUT2D eigenvalue weighted by Gasteiger charge is -2.42. The van der Waals surface area contributed by atoms with Crippen molar-refractivity contribution >= 4 is 52.9 Å². The van der Waals surface area contributed by atoms with Crippen molar-refractivity contribution in [2.24, 2.45) is 0 Å². The maximum absolute atomic E-state index is 12.8. The zero-order valence-electron chi connectivity index (χ0n) is 23.7. The van der Waals surface area contributed by atoms with Gasteiger partial charge >= 0.3 is 0 Å². The molecule has 2 aliphatic heterocycles. The van der Waals surface area contributed by atoms with Gasteiger partial charge in [0.2, 0.25) is 5.95 Å². The van der Waals surface area contributed by atoms with E-state index in [2.05, 4.69) is 48.4 Å². The topological polar surface area (TPSA) is 85.9 Å². The Morgan fingerprint density at radius 2 is 1.73 bits per heavy atom. The number of hydrogen-bond acceptors (Lipinski definition) is 9. The van der Waals surface area contributed by atoms with Crippen LogP contribution >= 0.6 is 18.7 Å². The second kappa shape index (κ2) is 12.4. The number of halogens is 1. The Bertz CT molecular complexity index is 1370. The van der Waals surface area contributed by atoms with Gasteiger partial charge < -0.3 is 29.7 Å². The van der Waals surface area contributed by atoms with E-state index in [9.17, 15) is 4.57 Å². The lowest BCUT2D eigenvalue weighted by molar-refractivity contribution is 0.0981. The van der Waals surface area contributed by atoms with Crippen LogP contribution in [0.5, 0.6) is 5.75 Å². The maximum atomic E-state index is 12.8. The van der Waals surface area contributed by atoms with Crippen LogP contribution < -0.4 is 25.6 Å². The predicted molar refractivity (Wildman–Crippen MR) is 166 cm³/mol. The molecule has 0 spiro atoms. The van der Waals surface area contributed by atoms with Crippen LogP contribution in [0.3, 0.4) is 0 Å². The van der Waals surface area contributed by atoms with Gasteiger partial charge in [-0.2, -0.15) is 4.98 Å². The quantitative estimate of drug-likeness (QED) is 0.352. The van der Waals surface area contributed by atoms with Crippen molar-refractivity contribution in [2.75, 3.05) is 82.3 Å². The number of anilines is 5. The van der Waals surface area contributed by atoms with E-state index in [1.54, 1.807) is 26.6 Å². The number of ether oxygens (including phenoxy) is 1. The van der Waals surface area contributed by atoms with Gasteiger partial charge in [0.25, 0.3) is 0 Å². The van der Waals surface area contributed by atoms with Gasteiger partial charge in [-0.1, -0.05) is 23.7 Å². The van der Waals surface area contributed by atoms with Gasteiger partial charge in [0.15, 0.2) is 5.82 Å². The molecule has 214 valence electrons. The Kier molecular flexibility index (Phi) is 8.86. The van der Waals surface area contributed by atoms with Gasteiger partial charge in [-0.15, -0.1) is 0 Å². The van der Waals surface area contributed by atoms with Crippen molar-refractivity contribution < 1.29 is 9.30 Å². The van der Waals surface area contributed by atoms with Gasteiger partial charge in [-0.3, -0.25) is 4.90 Å². The molecule has 0 bridgehead atoms. The van der Waals surface area contributed by atoms with Crippen molar-refractivity contribution in [3.63, 3.8) is 0 Å². The fraction of sp³-hybridized carbons (Fsp3) is 0.448. The van der Waals surface area contributed by atoms with Gasteiger partial charge in [0.05, 0.1) is 24.7 Å². The molecule has 11 heteroatoms. The summed E-state index contributed by atoms with van der Waals surface area (Å²) in [5, 5.41) is 7.63. The van der Waals surface area contributed by atoms with Crippen LogP contribution in [0.25, 0.3) is 0 Å². The second-order valence-electron chi connectivity index (χ2n) is 11.0. The summed E-state index contributed by atoms with van der Waals surface area (Å²) in [6.45, 7) is 10.2. The van der Waals surface area contributed by atoms with E-state index < -0.39 is 7.14 Å². The third kappa shape index (κ3) is 6.72. The van der Waals surface area contributed by atoms with Crippen LogP contribution in [0, 0.1) is 0 Å². The first-order chi connectivity index (χ1) is 19.2. The standard InChI is InChI=1S/C29H39ClN7O2P/c1-35-15-17-36(18-16-35)22-11-13-37(14-12-22)25-10-9-21(19-26(25)39-2)32-29-31-20-23(30)28(34-29)33-24-7-5-6-8-27(24)40(3,4)38/h5-10,19-20,22H,11-18H2,1-4H3,(H2,31,32,33,34). The molecule has 2 saturated heterocycles. The lowest BCUT2D eigenvalue weighted by Crippen LogP contribution is -2.52. The Morgan fingerprint density at radius 3 is 2.42 bits per heavy atom. The Morgan fingerprint density at radius 1 is 1.00 bits per heavy atom. The number of nitrogens with one attached hydrogen (secondary N) is 2. The average Bonchev–Trinajstić information content (AvgIpc) is 2.95. The molecule has 3 heterocycles. The normalized spacial score (nSPS) is 17.6. The lowest BCUT2D eigenvalue weighted by atomic mass is 10.0. The molecule has 0 unspecified atom stereocenters. The van der Waals surface area contributed by atoms with Crippen molar-refractivity contribution in [3.05, 3.63) is 53.7 Å². The summed E-state index contributed by atoms with van der Waals surface area (Å²) in [4.78, 5) is 16.5. The molecule has 2 aliphatic rings. The summed E-state index contributed by atoms with van der Waals surface area (Å²) in [5.41, 5.74) is 2.63. The summed E-state index contributed by atoms with van der Waals surface area (Å²) in [6.07, 6.45) is 3.88. The summed E-state index contributed by atoms with van der Waals surface area (Å²) >= 11 is 6.42. The number of para-hydroxylation sites is 1. The first-order valence-corrected chi connectivity index (χ1v) is 16.8. The number of hydrogen-bond donors (Lipinski definition) is 2. The van der Waals surface area contributed by atoms with E-state index in [1.807, 2.05) is 36.4 Å². The van der Waals surface area contributed by atoms with E-state index in [0.717, 1.165) is 61.4 Å². The zero-order valence-corrected chi connectivity index (χ0v) is 25.4. The Hall–Kier alpha value is -2.84. The molecule has 3 aromatic rings. The smallest absolute Gasteiger partial charge is 0.229 e. The van der Waals surface area contributed by atoms with E-state index in [4.69, 9.17) is 16.3 Å². The van der Waals surface area contributed by atoms with Gasteiger partial charge in [-0.25, -0.2) is 4.98 Å². The zero-order chi connectivity index (χ0) is 28.3. The number of piperidine rings is 1. The molecule has 2 N–H and O–H groups in total. The highest BCUT2D eigenvalue weighted by atomic mass is 35.5. The van der Waals surface area contributed by atoms with Gasteiger partial charge in [-0.05, 0) is 57.5 Å². The van der Waals surface area contributed by atoms with Crippen molar-refractivity contribution in [3.8, 4) is 5.75 Å². The molecule has 5 rings (SSSR count). The van der Waals surface area contributed by atoms with Crippen LogP contribution in [0.2, 0.25) is 5.02 Å². The predicted octanol–water partition coefficient (Wildman–Crippen LogP) is 5.09. The molecule has 2 aromatic carbocycles. The van der Waals surface area contributed by atoms with E-state index in [1.165, 1.54) is 13.1 Å². The van der Waals surface area contributed by atoms with Crippen molar-refractivity contribution in [1.82, 2.24) is 19.8 Å².